The van der Waals surface area contributed by atoms with Crippen molar-refractivity contribution < 1.29 is 9.47 Å². The standard InChI is InChI=1S/C15H24O2Te/c1-2-3-13-18-14-9-5-4-7-11-16-15-10-6-8-12-17-15/h9,14-15H,2-3,6-8,10-13H2,1H3/b14-9-. The predicted octanol–water partition coefficient (Wildman–Crippen LogP) is 3.36. The van der Waals surface area contributed by atoms with Gasteiger partial charge in [-0.25, -0.2) is 0 Å². The van der Waals surface area contributed by atoms with Crippen LogP contribution >= 0.6 is 0 Å². The van der Waals surface area contributed by atoms with Crippen molar-refractivity contribution >= 4 is 20.9 Å². The van der Waals surface area contributed by atoms with Crippen LogP contribution in [0.3, 0.4) is 0 Å². The molecule has 0 bridgehead atoms. The Hall–Kier alpha value is 0.00961. The fourth-order valence-corrected chi connectivity index (χ4v) is 3.75. The SMILES string of the molecule is CCCC[Te]/C=C\C#CCCOC1CCCCO1. The minimum absolute atomic E-state index is 0.0251. The fourth-order valence-electron chi connectivity index (χ4n) is 1.59. The molecule has 0 aromatic rings. The van der Waals surface area contributed by atoms with Crippen molar-refractivity contribution in [3.8, 4) is 11.8 Å². The zero-order valence-electron chi connectivity index (χ0n) is 11.3. The zero-order chi connectivity index (χ0) is 12.9. The van der Waals surface area contributed by atoms with E-state index in [4.69, 9.17) is 9.47 Å². The Morgan fingerprint density at radius 1 is 1.44 bits per heavy atom. The Morgan fingerprint density at radius 2 is 2.39 bits per heavy atom. The number of hydrogen-bond donors (Lipinski definition) is 0. The van der Waals surface area contributed by atoms with Crippen LogP contribution in [0.25, 0.3) is 0 Å². The van der Waals surface area contributed by atoms with Gasteiger partial charge in [0.2, 0.25) is 0 Å². The summed E-state index contributed by atoms with van der Waals surface area (Å²) in [7, 11) is 0. The van der Waals surface area contributed by atoms with Crippen LogP contribution in [-0.2, 0) is 9.47 Å². The summed E-state index contributed by atoms with van der Waals surface area (Å²) in [6, 6.07) is 0. The first-order chi connectivity index (χ1) is 8.93. The van der Waals surface area contributed by atoms with Crippen molar-refractivity contribution in [1.29, 1.82) is 0 Å². The van der Waals surface area contributed by atoms with Gasteiger partial charge in [-0.05, 0) is 0 Å². The van der Waals surface area contributed by atoms with Gasteiger partial charge in [0.05, 0.1) is 0 Å². The molecule has 0 aromatic heterocycles. The van der Waals surface area contributed by atoms with Crippen LogP contribution in [0, 0.1) is 11.8 Å². The van der Waals surface area contributed by atoms with E-state index >= 15 is 0 Å². The molecule has 102 valence electrons. The molecule has 1 saturated heterocycles. The maximum atomic E-state index is 5.60. The summed E-state index contributed by atoms with van der Waals surface area (Å²) in [6.07, 6.45) is 8.97. The summed E-state index contributed by atoms with van der Waals surface area (Å²) in [5.74, 6) is 6.20. The first-order valence-electron chi connectivity index (χ1n) is 6.91. The molecule has 1 aliphatic rings. The summed E-state index contributed by atoms with van der Waals surface area (Å²) in [5, 5.41) is 0. The molecule has 1 heterocycles. The van der Waals surface area contributed by atoms with E-state index in [1.54, 1.807) is 0 Å². The van der Waals surface area contributed by atoms with E-state index in [2.05, 4.69) is 22.9 Å². The summed E-state index contributed by atoms with van der Waals surface area (Å²) in [4.78, 5) is 0. The average molecular weight is 364 g/mol. The third-order valence-corrected chi connectivity index (χ3v) is 5.07. The molecule has 1 unspecified atom stereocenters. The second kappa shape index (κ2) is 12.1. The number of unbranched alkanes of at least 4 members (excludes halogenated alkanes) is 1. The molecule has 0 saturated carbocycles. The van der Waals surface area contributed by atoms with E-state index < -0.39 is 0 Å². The molecule has 0 amide bonds. The third-order valence-electron chi connectivity index (χ3n) is 2.63. The molecule has 0 N–H and O–H groups in total. The second-order valence-corrected chi connectivity index (χ2v) is 7.16. The summed E-state index contributed by atoms with van der Waals surface area (Å²) in [6.45, 7) is 3.78. The maximum absolute atomic E-state index is 5.60. The van der Waals surface area contributed by atoms with Gasteiger partial charge in [0.25, 0.3) is 0 Å². The third kappa shape index (κ3) is 9.01. The van der Waals surface area contributed by atoms with Crippen molar-refractivity contribution in [1.82, 2.24) is 0 Å². The predicted molar refractivity (Wildman–Crippen MR) is 76.5 cm³/mol. The van der Waals surface area contributed by atoms with Crippen molar-refractivity contribution in [2.75, 3.05) is 13.2 Å². The van der Waals surface area contributed by atoms with E-state index in [1.165, 1.54) is 30.2 Å². The van der Waals surface area contributed by atoms with Gasteiger partial charge >= 0.3 is 122 Å². The first-order valence-corrected chi connectivity index (χ1v) is 9.91. The van der Waals surface area contributed by atoms with Crippen molar-refractivity contribution in [3.63, 3.8) is 0 Å². The zero-order valence-corrected chi connectivity index (χ0v) is 13.7. The van der Waals surface area contributed by atoms with Crippen LogP contribution < -0.4 is 0 Å². The summed E-state index contributed by atoms with van der Waals surface area (Å²) >= 11 is 0.0834. The summed E-state index contributed by atoms with van der Waals surface area (Å²) < 4.78 is 14.8. The molecular weight excluding hydrogens is 340 g/mol. The monoisotopic (exact) mass is 366 g/mol. The molecule has 0 aromatic carbocycles. The molecular formula is C15H24O2Te. The Labute approximate surface area is 122 Å². The number of rotatable bonds is 7. The minimum atomic E-state index is 0.0251. The van der Waals surface area contributed by atoms with Crippen LogP contribution in [0.1, 0.15) is 45.4 Å². The Kier molecular flexibility index (Phi) is 10.8. The van der Waals surface area contributed by atoms with Gasteiger partial charge in [0.1, 0.15) is 0 Å². The van der Waals surface area contributed by atoms with Crippen LogP contribution in [0.5, 0.6) is 0 Å². The van der Waals surface area contributed by atoms with Crippen LogP contribution in [-0.4, -0.2) is 40.4 Å². The van der Waals surface area contributed by atoms with E-state index in [0.29, 0.717) is 6.61 Å². The van der Waals surface area contributed by atoms with Gasteiger partial charge in [-0.3, -0.25) is 0 Å². The molecule has 18 heavy (non-hydrogen) atoms. The topological polar surface area (TPSA) is 18.5 Å². The average Bonchev–Trinajstić information content (AvgIpc) is 2.42. The molecule has 0 aliphatic carbocycles. The Morgan fingerprint density at radius 3 is 3.17 bits per heavy atom. The van der Waals surface area contributed by atoms with E-state index in [0.717, 1.165) is 19.4 Å². The van der Waals surface area contributed by atoms with Crippen molar-refractivity contribution in [2.45, 2.75) is 56.2 Å². The quantitative estimate of drug-likeness (QED) is 0.392. The van der Waals surface area contributed by atoms with Crippen molar-refractivity contribution in [2.24, 2.45) is 0 Å². The van der Waals surface area contributed by atoms with Gasteiger partial charge in [-0.2, -0.15) is 0 Å². The Bertz CT molecular complexity index is 272. The summed E-state index contributed by atoms with van der Waals surface area (Å²) in [5.41, 5.74) is 0. The van der Waals surface area contributed by atoms with Gasteiger partial charge < -0.3 is 0 Å². The van der Waals surface area contributed by atoms with E-state index in [9.17, 15) is 0 Å². The molecule has 1 rings (SSSR count). The van der Waals surface area contributed by atoms with E-state index in [1.807, 2.05) is 6.08 Å². The molecule has 1 atom stereocenters. The van der Waals surface area contributed by atoms with Gasteiger partial charge in [-0.1, -0.05) is 0 Å². The van der Waals surface area contributed by atoms with Crippen molar-refractivity contribution in [3.05, 3.63) is 10.2 Å². The van der Waals surface area contributed by atoms with Gasteiger partial charge in [0, 0.05) is 0 Å². The molecule has 3 heteroatoms. The van der Waals surface area contributed by atoms with Crippen LogP contribution in [0.2, 0.25) is 4.47 Å². The number of hydrogen-bond acceptors (Lipinski definition) is 2. The fraction of sp³-hybridized carbons (Fsp3) is 0.733. The molecule has 2 nitrogen and oxygen atoms in total. The normalized spacial score (nSPS) is 19.7. The van der Waals surface area contributed by atoms with Gasteiger partial charge in [0.15, 0.2) is 0 Å². The molecule has 1 fully saturated rings. The van der Waals surface area contributed by atoms with E-state index in [-0.39, 0.29) is 27.2 Å². The van der Waals surface area contributed by atoms with Crippen LogP contribution in [0.4, 0.5) is 0 Å². The second-order valence-electron chi connectivity index (χ2n) is 4.27. The molecule has 0 radical (unpaired) electrons. The first kappa shape index (κ1) is 16.1. The van der Waals surface area contributed by atoms with Gasteiger partial charge in [-0.15, -0.1) is 0 Å². The number of ether oxygens (including phenoxy) is 2. The number of allylic oxidation sites excluding steroid dienone is 1. The molecule has 0 spiro atoms. The molecule has 1 aliphatic heterocycles. The van der Waals surface area contributed by atoms with Crippen LogP contribution in [0.15, 0.2) is 10.2 Å². The Balaban J connectivity index is 1.93.